The lowest BCUT2D eigenvalue weighted by Crippen LogP contribution is -2.52. The van der Waals surface area contributed by atoms with E-state index in [0.717, 1.165) is 5.69 Å². The fraction of sp³-hybridized carbons (Fsp3) is 0.562. The summed E-state index contributed by atoms with van der Waals surface area (Å²) in [5.41, 5.74) is 0.520. The van der Waals surface area contributed by atoms with Gasteiger partial charge in [0, 0.05) is 19.2 Å². The summed E-state index contributed by atoms with van der Waals surface area (Å²) in [6, 6.07) is 5.02. The summed E-state index contributed by atoms with van der Waals surface area (Å²) in [7, 11) is 0. The summed E-state index contributed by atoms with van der Waals surface area (Å²) >= 11 is 0. The summed E-state index contributed by atoms with van der Waals surface area (Å²) in [5.74, 6) is -0.106. The molecule has 5 nitrogen and oxygen atoms in total. The predicted octanol–water partition coefficient (Wildman–Crippen LogP) is 1.91. The number of aromatic nitrogens is 1. The Labute approximate surface area is 125 Å². The van der Waals surface area contributed by atoms with E-state index in [4.69, 9.17) is 0 Å². The largest absolute Gasteiger partial charge is 0.344 e. The van der Waals surface area contributed by atoms with Crippen molar-refractivity contribution in [3.8, 4) is 0 Å². The van der Waals surface area contributed by atoms with Crippen LogP contribution in [-0.4, -0.2) is 34.3 Å². The van der Waals surface area contributed by atoms with Gasteiger partial charge in [0.15, 0.2) is 0 Å². The number of nitrogens with one attached hydrogen (secondary N) is 1. The second-order valence-electron chi connectivity index (χ2n) is 6.58. The molecule has 2 amide bonds. The van der Waals surface area contributed by atoms with Crippen LogP contribution in [0.2, 0.25) is 0 Å². The van der Waals surface area contributed by atoms with Crippen molar-refractivity contribution < 1.29 is 9.59 Å². The van der Waals surface area contributed by atoms with Gasteiger partial charge in [0.05, 0.1) is 11.7 Å². The summed E-state index contributed by atoms with van der Waals surface area (Å²) in [6.07, 6.45) is 2.05. The Morgan fingerprint density at radius 3 is 2.62 bits per heavy atom. The van der Waals surface area contributed by atoms with Gasteiger partial charge >= 0.3 is 0 Å². The van der Waals surface area contributed by atoms with Crippen molar-refractivity contribution in [2.45, 2.75) is 46.2 Å². The molecule has 2 unspecified atom stereocenters. The van der Waals surface area contributed by atoms with Gasteiger partial charge in [0.25, 0.3) is 0 Å². The highest BCUT2D eigenvalue weighted by Crippen LogP contribution is 2.27. The molecular formula is C16H23N3O2. The zero-order valence-electron chi connectivity index (χ0n) is 13.1. The van der Waals surface area contributed by atoms with E-state index >= 15 is 0 Å². The summed E-state index contributed by atoms with van der Waals surface area (Å²) < 4.78 is 0. The highest BCUT2D eigenvalue weighted by molar-refractivity contribution is 5.90. The maximum atomic E-state index is 12.8. The van der Waals surface area contributed by atoms with E-state index in [2.05, 4.69) is 10.3 Å². The number of nitrogens with zero attached hydrogens (tertiary/aromatic N) is 2. The smallest absolute Gasteiger partial charge is 0.246 e. The SMILES string of the molecule is CC(c1ccccn1)N1CCC(=O)NC(C(C)(C)C)C1=O. The topological polar surface area (TPSA) is 62.3 Å². The van der Waals surface area contributed by atoms with Crippen molar-refractivity contribution in [1.29, 1.82) is 0 Å². The Hall–Kier alpha value is -1.91. The van der Waals surface area contributed by atoms with Crippen LogP contribution in [0.1, 0.15) is 45.9 Å². The first-order chi connectivity index (χ1) is 9.80. The maximum Gasteiger partial charge on any atom is 0.246 e. The molecule has 0 bridgehead atoms. The Kier molecular flexibility index (Phi) is 4.30. The average molecular weight is 289 g/mol. The lowest BCUT2D eigenvalue weighted by molar-refractivity contribution is -0.138. The van der Waals surface area contributed by atoms with Crippen molar-refractivity contribution in [2.24, 2.45) is 5.41 Å². The second-order valence-corrected chi connectivity index (χ2v) is 6.58. The molecule has 0 saturated carbocycles. The minimum atomic E-state index is -0.501. The normalized spacial score (nSPS) is 21.7. The molecule has 21 heavy (non-hydrogen) atoms. The quantitative estimate of drug-likeness (QED) is 0.904. The fourth-order valence-electron chi connectivity index (χ4n) is 2.55. The lowest BCUT2D eigenvalue weighted by Gasteiger charge is -2.34. The molecule has 0 radical (unpaired) electrons. The van der Waals surface area contributed by atoms with Gasteiger partial charge in [0.1, 0.15) is 6.04 Å². The number of hydrogen-bond acceptors (Lipinski definition) is 3. The molecule has 0 spiro atoms. The van der Waals surface area contributed by atoms with Gasteiger partial charge in [-0.15, -0.1) is 0 Å². The Bertz CT molecular complexity index is 522. The highest BCUT2D eigenvalue weighted by Gasteiger charge is 2.39. The minimum Gasteiger partial charge on any atom is -0.344 e. The van der Waals surface area contributed by atoms with Crippen LogP contribution >= 0.6 is 0 Å². The molecule has 114 valence electrons. The van der Waals surface area contributed by atoms with Crippen LogP contribution in [0.4, 0.5) is 0 Å². The first-order valence-corrected chi connectivity index (χ1v) is 7.31. The summed E-state index contributed by atoms with van der Waals surface area (Å²) in [6.45, 7) is 8.27. The first-order valence-electron chi connectivity index (χ1n) is 7.31. The number of carbonyl (C=O) groups is 2. The van der Waals surface area contributed by atoms with Crippen LogP contribution in [0, 0.1) is 5.41 Å². The molecule has 1 aliphatic heterocycles. The van der Waals surface area contributed by atoms with Crippen molar-refractivity contribution in [2.75, 3.05) is 6.54 Å². The molecule has 1 fully saturated rings. The molecule has 5 heteroatoms. The molecule has 2 rings (SSSR count). The zero-order chi connectivity index (χ0) is 15.6. The summed E-state index contributed by atoms with van der Waals surface area (Å²) in [4.78, 5) is 30.8. The number of amides is 2. The van der Waals surface area contributed by atoms with Crippen LogP contribution in [0.15, 0.2) is 24.4 Å². The number of hydrogen-bond donors (Lipinski definition) is 1. The molecular weight excluding hydrogens is 266 g/mol. The van der Waals surface area contributed by atoms with E-state index < -0.39 is 6.04 Å². The molecule has 2 atom stereocenters. The first kappa shape index (κ1) is 15.5. The Morgan fingerprint density at radius 1 is 1.33 bits per heavy atom. The van der Waals surface area contributed by atoms with Crippen LogP contribution in [0.5, 0.6) is 0 Å². The van der Waals surface area contributed by atoms with Crippen molar-refractivity contribution in [3.63, 3.8) is 0 Å². The molecule has 1 aliphatic rings. The van der Waals surface area contributed by atoms with Gasteiger partial charge in [-0.05, 0) is 24.5 Å². The molecule has 1 saturated heterocycles. The molecule has 0 aliphatic carbocycles. The predicted molar refractivity (Wildman–Crippen MR) is 80.4 cm³/mol. The molecule has 0 aromatic carbocycles. The Balaban J connectivity index is 2.30. The van der Waals surface area contributed by atoms with E-state index in [9.17, 15) is 9.59 Å². The van der Waals surface area contributed by atoms with E-state index in [1.165, 1.54) is 0 Å². The van der Waals surface area contributed by atoms with Gasteiger partial charge < -0.3 is 10.2 Å². The van der Waals surface area contributed by atoms with Gasteiger partial charge in [0.2, 0.25) is 11.8 Å². The molecule has 1 N–H and O–H groups in total. The monoisotopic (exact) mass is 289 g/mol. The van der Waals surface area contributed by atoms with Crippen LogP contribution in [0.3, 0.4) is 0 Å². The Morgan fingerprint density at radius 2 is 2.05 bits per heavy atom. The number of rotatable bonds is 2. The van der Waals surface area contributed by atoms with E-state index in [-0.39, 0.29) is 23.3 Å². The van der Waals surface area contributed by atoms with Crippen LogP contribution in [0.25, 0.3) is 0 Å². The van der Waals surface area contributed by atoms with Crippen molar-refractivity contribution in [1.82, 2.24) is 15.2 Å². The minimum absolute atomic E-state index is 0.0356. The van der Waals surface area contributed by atoms with Gasteiger partial charge in [-0.3, -0.25) is 14.6 Å². The second kappa shape index (κ2) is 5.84. The van der Waals surface area contributed by atoms with Crippen molar-refractivity contribution in [3.05, 3.63) is 30.1 Å². The van der Waals surface area contributed by atoms with E-state index in [0.29, 0.717) is 13.0 Å². The third-order valence-corrected chi connectivity index (χ3v) is 3.86. The van der Waals surface area contributed by atoms with Gasteiger partial charge in [-0.1, -0.05) is 26.8 Å². The number of pyridine rings is 1. The lowest BCUT2D eigenvalue weighted by atomic mass is 9.85. The standard InChI is InChI=1S/C16H23N3O2/c1-11(12-7-5-6-9-17-12)19-10-8-13(20)18-14(15(19)21)16(2,3)4/h5-7,9,11,14H,8,10H2,1-4H3,(H,18,20). The summed E-state index contributed by atoms with van der Waals surface area (Å²) in [5, 5.41) is 2.85. The van der Waals surface area contributed by atoms with Crippen LogP contribution < -0.4 is 5.32 Å². The van der Waals surface area contributed by atoms with Crippen LogP contribution in [-0.2, 0) is 9.59 Å². The zero-order valence-corrected chi connectivity index (χ0v) is 13.1. The van der Waals surface area contributed by atoms with Gasteiger partial charge in [-0.25, -0.2) is 0 Å². The average Bonchev–Trinajstić information content (AvgIpc) is 2.58. The van der Waals surface area contributed by atoms with E-state index in [1.54, 1.807) is 11.1 Å². The highest BCUT2D eigenvalue weighted by atomic mass is 16.2. The molecule has 2 heterocycles. The van der Waals surface area contributed by atoms with Crippen molar-refractivity contribution >= 4 is 11.8 Å². The van der Waals surface area contributed by atoms with Gasteiger partial charge in [-0.2, -0.15) is 0 Å². The third kappa shape index (κ3) is 3.40. The third-order valence-electron chi connectivity index (χ3n) is 3.86. The number of carbonyl (C=O) groups excluding carboxylic acids is 2. The maximum absolute atomic E-state index is 12.8. The van der Waals surface area contributed by atoms with E-state index in [1.807, 2.05) is 45.9 Å². The fourth-order valence-corrected chi connectivity index (χ4v) is 2.55. The molecule has 1 aromatic heterocycles. The molecule has 1 aromatic rings.